The Hall–Kier alpha value is -2.82. The van der Waals surface area contributed by atoms with Crippen LogP contribution in [0.3, 0.4) is 0 Å². The number of hydrogen-bond donors (Lipinski definition) is 2. The summed E-state index contributed by atoms with van der Waals surface area (Å²) in [5, 5.41) is 2.58. The van der Waals surface area contributed by atoms with Crippen LogP contribution in [0.5, 0.6) is 0 Å². The Morgan fingerprint density at radius 1 is 0.786 bits per heavy atom. The number of benzene rings is 2. The van der Waals surface area contributed by atoms with Crippen LogP contribution in [0.1, 0.15) is 36.8 Å². The predicted octanol–water partition coefficient (Wildman–Crippen LogP) is 3.53. The highest BCUT2D eigenvalue weighted by molar-refractivity contribution is 5.76. The van der Waals surface area contributed by atoms with Gasteiger partial charge in [0.25, 0.3) is 0 Å². The Labute approximate surface area is 167 Å². The van der Waals surface area contributed by atoms with Crippen molar-refractivity contribution in [3.63, 3.8) is 0 Å². The van der Waals surface area contributed by atoms with Crippen LogP contribution >= 0.6 is 0 Å². The largest absolute Gasteiger partial charge is 0.352 e. The number of rotatable bonds is 12. The van der Waals surface area contributed by atoms with E-state index in [0.29, 0.717) is 13.0 Å². The summed E-state index contributed by atoms with van der Waals surface area (Å²) in [6, 6.07) is 20.1. The number of unbranched alkanes of at least 4 members (excludes halogenated alkanes) is 2. The van der Waals surface area contributed by atoms with Crippen molar-refractivity contribution in [2.24, 2.45) is 5.73 Å². The van der Waals surface area contributed by atoms with E-state index in [2.05, 4.69) is 29.6 Å². The highest BCUT2D eigenvalue weighted by Crippen LogP contribution is 2.09. The number of carbonyl (C=O) groups excluding carboxylic acids is 2. The van der Waals surface area contributed by atoms with Crippen molar-refractivity contribution in [3.05, 3.63) is 71.8 Å². The van der Waals surface area contributed by atoms with E-state index in [-0.39, 0.29) is 5.91 Å². The summed E-state index contributed by atoms with van der Waals surface area (Å²) in [4.78, 5) is 25.4. The minimum Gasteiger partial charge on any atom is -0.352 e. The smallest absolute Gasteiger partial charge is 0.312 e. The maximum atomic E-state index is 12.8. The van der Waals surface area contributed by atoms with Crippen molar-refractivity contribution in [3.8, 4) is 0 Å². The fourth-order valence-electron chi connectivity index (χ4n) is 3.13. The molecule has 5 nitrogen and oxygen atoms in total. The molecule has 0 spiro atoms. The average Bonchev–Trinajstić information content (AvgIpc) is 2.71. The lowest BCUT2D eigenvalue weighted by molar-refractivity contribution is -0.131. The standard InChI is InChI=1S/C23H31N3O2/c24-23(28)25-17-9-3-8-14-22(27)26(18-15-20-10-4-1-5-11-20)19-16-21-12-6-2-7-13-21/h1-2,4-7,10-13H,3,8-9,14-19H2,(H3,24,25,28). The molecule has 2 aromatic carbocycles. The molecule has 2 rings (SSSR count). The molecule has 5 heteroatoms. The van der Waals surface area contributed by atoms with E-state index in [4.69, 9.17) is 5.73 Å². The van der Waals surface area contributed by atoms with Crippen molar-refractivity contribution >= 4 is 11.9 Å². The summed E-state index contributed by atoms with van der Waals surface area (Å²) in [7, 11) is 0. The summed E-state index contributed by atoms with van der Waals surface area (Å²) in [5.74, 6) is 0.203. The fraction of sp³-hybridized carbons (Fsp3) is 0.391. The average molecular weight is 382 g/mol. The molecular formula is C23H31N3O2. The van der Waals surface area contributed by atoms with Crippen LogP contribution < -0.4 is 11.1 Å². The zero-order valence-corrected chi connectivity index (χ0v) is 16.5. The number of nitrogens with zero attached hydrogens (tertiary/aromatic N) is 1. The third-order valence-corrected chi connectivity index (χ3v) is 4.75. The molecule has 3 amide bonds. The van der Waals surface area contributed by atoms with Gasteiger partial charge in [0.15, 0.2) is 0 Å². The van der Waals surface area contributed by atoms with Gasteiger partial charge in [0.1, 0.15) is 0 Å². The molecule has 0 atom stereocenters. The van der Waals surface area contributed by atoms with E-state index >= 15 is 0 Å². The molecule has 0 saturated carbocycles. The molecule has 150 valence electrons. The number of primary amides is 1. The van der Waals surface area contributed by atoms with Gasteiger partial charge >= 0.3 is 6.03 Å². The summed E-state index contributed by atoms with van der Waals surface area (Å²) in [6.07, 6.45) is 4.84. The summed E-state index contributed by atoms with van der Waals surface area (Å²) in [5.41, 5.74) is 7.54. The maximum absolute atomic E-state index is 12.8. The predicted molar refractivity (Wildman–Crippen MR) is 113 cm³/mol. The van der Waals surface area contributed by atoms with E-state index < -0.39 is 6.03 Å². The summed E-state index contributed by atoms with van der Waals surface area (Å²) < 4.78 is 0. The summed E-state index contributed by atoms with van der Waals surface area (Å²) in [6.45, 7) is 2.03. The van der Waals surface area contributed by atoms with Crippen LogP contribution in [0.4, 0.5) is 4.79 Å². The maximum Gasteiger partial charge on any atom is 0.312 e. The highest BCUT2D eigenvalue weighted by Gasteiger charge is 2.13. The first-order valence-electron chi connectivity index (χ1n) is 10.0. The summed E-state index contributed by atoms with van der Waals surface area (Å²) >= 11 is 0. The van der Waals surface area contributed by atoms with Crippen LogP contribution in [-0.2, 0) is 17.6 Å². The van der Waals surface area contributed by atoms with E-state index in [9.17, 15) is 9.59 Å². The minimum absolute atomic E-state index is 0.203. The molecule has 28 heavy (non-hydrogen) atoms. The number of nitrogens with two attached hydrogens (primary N) is 1. The Balaban J connectivity index is 1.81. The van der Waals surface area contributed by atoms with Crippen LogP contribution in [0.15, 0.2) is 60.7 Å². The minimum atomic E-state index is -0.496. The van der Waals surface area contributed by atoms with Gasteiger partial charge in [-0.1, -0.05) is 67.1 Å². The first kappa shape index (κ1) is 21.5. The molecule has 3 N–H and O–H groups in total. The van der Waals surface area contributed by atoms with E-state index in [0.717, 1.165) is 45.2 Å². The van der Waals surface area contributed by atoms with Gasteiger partial charge < -0.3 is 16.0 Å². The molecule has 0 aromatic heterocycles. The first-order valence-corrected chi connectivity index (χ1v) is 10.0. The topological polar surface area (TPSA) is 75.4 Å². The first-order chi connectivity index (χ1) is 13.6. The normalized spacial score (nSPS) is 10.4. The molecule has 0 saturated heterocycles. The third kappa shape index (κ3) is 8.71. The lowest BCUT2D eigenvalue weighted by atomic mass is 10.1. The van der Waals surface area contributed by atoms with Gasteiger partial charge in [-0.05, 0) is 36.8 Å². The van der Waals surface area contributed by atoms with E-state index in [1.165, 1.54) is 11.1 Å². The van der Waals surface area contributed by atoms with Crippen molar-refractivity contribution in [2.45, 2.75) is 38.5 Å². The quantitative estimate of drug-likeness (QED) is 0.552. The van der Waals surface area contributed by atoms with E-state index in [1.807, 2.05) is 41.3 Å². The second kappa shape index (κ2) is 12.5. The zero-order chi connectivity index (χ0) is 20.0. The van der Waals surface area contributed by atoms with Gasteiger partial charge in [-0.15, -0.1) is 0 Å². The van der Waals surface area contributed by atoms with Gasteiger partial charge in [-0.25, -0.2) is 4.79 Å². The third-order valence-electron chi connectivity index (χ3n) is 4.75. The monoisotopic (exact) mass is 381 g/mol. The molecule has 0 fully saturated rings. The second-order valence-electron chi connectivity index (χ2n) is 6.95. The molecule has 0 aliphatic heterocycles. The number of hydrogen-bond acceptors (Lipinski definition) is 2. The van der Waals surface area contributed by atoms with Gasteiger partial charge in [0.2, 0.25) is 5.91 Å². The van der Waals surface area contributed by atoms with Crippen LogP contribution in [0, 0.1) is 0 Å². The Kier molecular flexibility index (Phi) is 9.62. The molecule has 0 aliphatic rings. The van der Waals surface area contributed by atoms with Crippen molar-refractivity contribution in [2.75, 3.05) is 19.6 Å². The number of amides is 3. The van der Waals surface area contributed by atoms with Gasteiger partial charge in [-0.3, -0.25) is 4.79 Å². The van der Waals surface area contributed by atoms with Crippen molar-refractivity contribution in [1.29, 1.82) is 0 Å². The molecule has 0 unspecified atom stereocenters. The van der Waals surface area contributed by atoms with Crippen molar-refractivity contribution < 1.29 is 9.59 Å². The van der Waals surface area contributed by atoms with Gasteiger partial charge in [0.05, 0.1) is 0 Å². The number of nitrogens with one attached hydrogen (secondary N) is 1. The van der Waals surface area contributed by atoms with Crippen LogP contribution in [-0.4, -0.2) is 36.5 Å². The van der Waals surface area contributed by atoms with E-state index in [1.54, 1.807) is 0 Å². The van der Waals surface area contributed by atoms with Crippen molar-refractivity contribution in [1.82, 2.24) is 10.2 Å². The molecule has 0 bridgehead atoms. The SMILES string of the molecule is NC(=O)NCCCCCC(=O)N(CCc1ccccc1)CCc1ccccc1. The lowest BCUT2D eigenvalue weighted by Gasteiger charge is -2.23. The number of urea groups is 1. The molecular weight excluding hydrogens is 350 g/mol. The molecule has 0 heterocycles. The van der Waals surface area contributed by atoms with Gasteiger partial charge in [-0.2, -0.15) is 0 Å². The van der Waals surface area contributed by atoms with Crippen LogP contribution in [0.2, 0.25) is 0 Å². The molecule has 0 aliphatic carbocycles. The Morgan fingerprint density at radius 3 is 1.82 bits per heavy atom. The lowest BCUT2D eigenvalue weighted by Crippen LogP contribution is -2.34. The molecule has 0 radical (unpaired) electrons. The second-order valence-corrected chi connectivity index (χ2v) is 6.95. The van der Waals surface area contributed by atoms with Crippen LogP contribution in [0.25, 0.3) is 0 Å². The highest BCUT2D eigenvalue weighted by atomic mass is 16.2. The molecule has 2 aromatic rings. The zero-order valence-electron chi connectivity index (χ0n) is 16.5. The Morgan fingerprint density at radius 2 is 1.32 bits per heavy atom. The fourth-order valence-corrected chi connectivity index (χ4v) is 3.13. The number of carbonyl (C=O) groups is 2. The Bertz CT molecular complexity index is 661. The van der Waals surface area contributed by atoms with Gasteiger partial charge in [0, 0.05) is 26.1 Å².